The van der Waals surface area contributed by atoms with E-state index in [0.29, 0.717) is 5.41 Å². The summed E-state index contributed by atoms with van der Waals surface area (Å²) >= 11 is 3.50. The molecule has 100 valence electrons. The van der Waals surface area contributed by atoms with Gasteiger partial charge in [-0.2, -0.15) is 0 Å². The smallest absolute Gasteiger partial charge is 0.123 e. The Balaban J connectivity index is 1.90. The first-order valence-corrected chi connectivity index (χ1v) is 7.08. The van der Waals surface area contributed by atoms with Crippen LogP contribution in [0, 0.1) is 11.2 Å². The normalized spacial score (nSPS) is 16.8. The van der Waals surface area contributed by atoms with Gasteiger partial charge < -0.3 is 10.1 Å². The van der Waals surface area contributed by atoms with Crippen molar-refractivity contribution in [2.45, 2.75) is 19.3 Å². The molecule has 1 aliphatic carbocycles. The van der Waals surface area contributed by atoms with Gasteiger partial charge in [-0.1, -0.05) is 15.9 Å². The van der Waals surface area contributed by atoms with Crippen molar-refractivity contribution in [2.24, 2.45) is 5.41 Å². The van der Waals surface area contributed by atoms with Gasteiger partial charge in [0.15, 0.2) is 0 Å². The largest absolute Gasteiger partial charge is 0.383 e. The summed E-state index contributed by atoms with van der Waals surface area (Å²) in [7, 11) is 1.71. The zero-order valence-electron chi connectivity index (χ0n) is 10.6. The molecule has 0 aliphatic heterocycles. The maximum absolute atomic E-state index is 13.2. The minimum atomic E-state index is -0.156. The van der Waals surface area contributed by atoms with Crippen LogP contribution < -0.4 is 5.32 Å². The molecule has 0 aromatic heterocycles. The third-order valence-corrected chi connectivity index (χ3v) is 4.29. The molecule has 4 heteroatoms. The van der Waals surface area contributed by atoms with Crippen LogP contribution in [0.3, 0.4) is 0 Å². The molecular weight excluding hydrogens is 297 g/mol. The summed E-state index contributed by atoms with van der Waals surface area (Å²) in [5.74, 6) is -0.156. The Kier molecular flexibility index (Phi) is 4.76. The number of halogens is 2. The predicted molar refractivity (Wildman–Crippen MR) is 74.2 cm³/mol. The molecule has 0 amide bonds. The van der Waals surface area contributed by atoms with Crippen molar-refractivity contribution in [3.8, 4) is 0 Å². The summed E-state index contributed by atoms with van der Waals surface area (Å²) in [5, 5.41) is 3.41. The van der Waals surface area contributed by atoms with E-state index in [1.165, 1.54) is 18.9 Å². The van der Waals surface area contributed by atoms with E-state index in [2.05, 4.69) is 21.2 Å². The van der Waals surface area contributed by atoms with Crippen molar-refractivity contribution < 1.29 is 9.13 Å². The number of hydrogen-bond donors (Lipinski definition) is 1. The van der Waals surface area contributed by atoms with Gasteiger partial charge in [-0.3, -0.25) is 0 Å². The van der Waals surface area contributed by atoms with Crippen LogP contribution in [0.1, 0.15) is 18.4 Å². The van der Waals surface area contributed by atoms with Crippen LogP contribution in [0.15, 0.2) is 22.7 Å². The molecule has 1 aromatic rings. The molecule has 0 atom stereocenters. The fourth-order valence-electron chi connectivity index (χ4n) is 2.20. The second-order valence-electron chi connectivity index (χ2n) is 5.08. The van der Waals surface area contributed by atoms with Crippen LogP contribution in [0.4, 0.5) is 4.39 Å². The Bertz CT molecular complexity index is 407. The second-order valence-corrected chi connectivity index (χ2v) is 5.94. The number of methoxy groups -OCH3 is 1. The predicted octanol–water partition coefficient (Wildman–Crippen LogP) is 3.15. The SMILES string of the molecule is COCCNCC1(Cc2cc(F)ccc2Br)CC1. The average molecular weight is 316 g/mol. The lowest BCUT2D eigenvalue weighted by Gasteiger charge is -2.17. The van der Waals surface area contributed by atoms with Crippen molar-refractivity contribution >= 4 is 15.9 Å². The highest BCUT2D eigenvalue weighted by Gasteiger charge is 2.42. The molecule has 1 N–H and O–H groups in total. The number of hydrogen-bond acceptors (Lipinski definition) is 2. The van der Waals surface area contributed by atoms with Crippen molar-refractivity contribution in [1.82, 2.24) is 5.32 Å². The van der Waals surface area contributed by atoms with E-state index in [4.69, 9.17) is 4.74 Å². The quantitative estimate of drug-likeness (QED) is 0.780. The highest BCUT2D eigenvalue weighted by molar-refractivity contribution is 9.10. The molecule has 1 aliphatic rings. The third kappa shape index (κ3) is 3.77. The monoisotopic (exact) mass is 315 g/mol. The third-order valence-electron chi connectivity index (χ3n) is 3.51. The molecule has 18 heavy (non-hydrogen) atoms. The van der Waals surface area contributed by atoms with Gasteiger partial charge >= 0.3 is 0 Å². The van der Waals surface area contributed by atoms with E-state index in [1.54, 1.807) is 19.2 Å². The second kappa shape index (κ2) is 6.13. The summed E-state index contributed by atoms with van der Waals surface area (Å²) in [6, 6.07) is 4.92. The van der Waals surface area contributed by atoms with Crippen LogP contribution in [0.25, 0.3) is 0 Å². The molecule has 1 aromatic carbocycles. The van der Waals surface area contributed by atoms with Crippen LogP contribution in [-0.2, 0) is 11.2 Å². The first-order chi connectivity index (χ1) is 8.65. The molecule has 0 heterocycles. The van der Waals surface area contributed by atoms with Crippen LogP contribution in [0.2, 0.25) is 0 Å². The molecule has 2 nitrogen and oxygen atoms in total. The zero-order valence-corrected chi connectivity index (χ0v) is 12.2. The van der Waals surface area contributed by atoms with Gasteiger partial charge in [-0.05, 0) is 48.4 Å². The lowest BCUT2D eigenvalue weighted by Crippen LogP contribution is -2.28. The Labute approximate surface area is 116 Å². The van der Waals surface area contributed by atoms with E-state index < -0.39 is 0 Å². The molecular formula is C14H19BrFNO. The minimum absolute atomic E-state index is 0.156. The van der Waals surface area contributed by atoms with E-state index in [1.807, 2.05) is 0 Å². The zero-order chi connectivity index (χ0) is 13.0. The van der Waals surface area contributed by atoms with E-state index in [-0.39, 0.29) is 5.82 Å². The van der Waals surface area contributed by atoms with Gasteiger partial charge in [0.05, 0.1) is 6.61 Å². The maximum Gasteiger partial charge on any atom is 0.123 e. The van der Waals surface area contributed by atoms with E-state index in [0.717, 1.165) is 36.2 Å². The van der Waals surface area contributed by atoms with Crippen molar-refractivity contribution in [3.63, 3.8) is 0 Å². The van der Waals surface area contributed by atoms with Crippen LogP contribution in [-0.4, -0.2) is 26.8 Å². The van der Waals surface area contributed by atoms with Crippen molar-refractivity contribution in [3.05, 3.63) is 34.1 Å². The lowest BCUT2D eigenvalue weighted by molar-refractivity contribution is 0.197. The number of nitrogens with one attached hydrogen (secondary N) is 1. The highest BCUT2D eigenvalue weighted by atomic mass is 79.9. The number of ether oxygens (including phenoxy) is 1. The molecule has 0 spiro atoms. The highest BCUT2D eigenvalue weighted by Crippen LogP contribution is 2.48. The fourth-order valence-corrected chi connectivity index (χ4v) is 2.59. The van der Waals surface area contributed by atoms with Gasteiger partial charge in [0.25, 0.3) is 0 Å². The van der Waals surface area contributed by atoms with Gasteiger partial charge in [0.2, 0.25) is 0 Å². The number of benzene rings is 1. The molecule has 0 bridgehead atoms. The minimum Gasteiger partial charge on any atom is -0.383 e. The summed E-state index contributed by atoms with van der Waals surface area (Å²) in [6.07, 6.45) is 3.37. The maximum atomic E-state index is 13.2. The van der Waals surface area contributed by atoms with Crippen molar-refractivity contribution in [1.29, 1.82) is 0 Å². The fraction of sp³-hybridized carbons (Fsp3) is 0.571. The Morgan fingerprint density at radius 3 is 2.89 bits per heavy atom. The van der Waals surface area contributed by atoms with Crippen molar-refractivity contribution in [2.75, 3.05) is 26.8 Å². The molecule has 1 saturated carbocycles. The van der Waals surface area contributed by atoms with E-state index >= 15 is 0 Å². The Hall–Kier alpha value is -0.450. The molecule has 1 fully saturated rings. The molecule has 2 rings (SSSR count). The lowest BCUT2D eigenvalue weighted by atomic mass is 9.96. The van der Waals surface area contributed by atoms with Gasteiger partial charge in [0.1, 0.15) is 5.82 Å². The van der Waals surface area contributed by atoms with Gasteiger partial charge in [-0.15, -0.1) is 0 Å². The van der Waals surface area contributed by atoms with Crippen LogP contribution >= 0.6 is 15.9 Å². The summed E-state index contributed by atoms with van der Waals surface area (Å²) in [4.78, 5) is 0. The summed E-state index contributed by atoms with van der Waals surface area (Å²) in [5.41, 5.74) is 1.39. The Morgan fingerprint density at radius 1 is 1.44 bits per heavy atom. The average Bonchev–Trinajstić information content (AvgIpc) is 3.10. The van der Waals surface area contributed by atoms with E-state index in [9.17, 15) is 4.39 Å². The first kappa shape index (κ1) is 14.0. The number of rotatable bonds is 7. The molecule has 0 unspecified atom stereocenters. The summed E-state index contributed by atoms with van der Waals surface area (Å²) < 4.78 is 19.3. The van der Waals surface area contributed by atoms with Crippen LogP contribution in [0.5, 0.6) is 0 Å². The topological polar surface area (TPSA) is 21.3 Å². The molecule has 0 saturated heterocycles. The van der Waals surface area contributed by atoms with Gasteiger partial charge in [-0.25, -0.2) is 4.39 Å². The summed E-state index contributed by atoms with van der Waals surface area (Å²) in [6.45, 7) is 2.60. The first-order valence-electron chi connectivity index (χ1n) is 6.29. The Morgan fingerprint density at radius 2 is 2.22 bits per heavy atom. The van der Waals surface area contributed by atoms with Gasteiger partial charge in [0, 0.05) is 24.7 Å². The molecule has 0 radical (unpaired) electrons. The standard InChI is InChI=1S/C14H19BrFNO/c1-18-7-6-17-10-14(4-5-14)9-11-8-12(16)2-3-13(11)15/h2-3,8,17H,4-7,9-10H2,1H3.